The average molecular weight is 700 g/mol. The SMILES string of the molecule is CCCNC(=O)C(CC)N(Cc1ccc(Cl)c(Cl)c1)C(=O)CN(c1cc(Cl)ccc1OC)S(=O)(=O)c1ccc(C)c([N+](=O)[O-])c1. The normalized spacial score (nSPS) is 11.9. The molecule has 0 radical (unpaired) electrons. The van der Waals surface area contributed by atoms with Crippen molar-refractivity contribution in [2.24, 2.45) is 0 Å². The van der Waals surface area contributed by atoms with E-state index >= 15 is 0 Å². The Balaban J connectivity index is 2.19. The highest BCUT2D eigenvalue weighted by atomic mass is 35.5. The fourth-order valence-corrected chi connectivity index (χ4v) is 6.49. The molecular weight excluding hydrogens is 667 g/mol. The monoisotopic (exact) mass is 698 g/mol. The first-order chi connectivity index (χ1) is 21.2. The molecule has 11 nitrogen and oxygen atoms in total. The van der Waals surface area contributed by atoms with Crippen LogP contribution >= 0.6 is 34.8 Å². The molecule has 2 amide bonds. The second-order valence-corrected chi connectivity index (χ2v) is 13.1. The van der Waals surface area contributed by atoms with E-state index in [0.717, 1.165) is 10.4 Å². The summed E-state index contributed by atoms with van der Waals surface area (Å²) in [6.07, 6.45) is 0.867. The minimum absolute atomic E-state index is 0.0705. The standard InChI is InChI=1S/C30H33Cl3N4O7S/c1-5-13-34-30(39)25(6-2)35(17-20-8-11-23(32)24(33)14-20)29(38)18-36(27-15-21(31)9-12-28(27)44-4)45(42,43)22-10-7-19(3)26(16-22)37(40)41/h7-12,14-16,25H,5-6,13,17-18H2,1-4H3,(H,34,39). The summed E-state index contributed by atoms with van der Waals surface area (Å²) in [6, 6.07) is 11.4. The van der Waals surface area contributed by atoms with Gasteiger partial charge in [-0.1, -0.05) is 60.8 Å². The van der Waals surface area contributed by atoms with E-state index in [1.54, 1.807) is 25.1 Å². The molecule has 242 valence electrons. The van der Waals surface area contributed by atoms with Gasteiger partial charge in [-0.3, -0.25) is 24.0 Å². The predicted octanol–water partition coefficient (Wildman–Crippen LogP) is 6.40. The van der Waals surface area contributed by atoms with Gasteiger partial charge in [-0.25, -0.2) is 8.42 Å². The molecule has 0 aromatic heterocycles. The van der Waals surface area contributed by atoms with E-state index in [9.17, 15) is 28.1 Å². The maximum absolute atomic E-state index is 14.3. The lowest BCUT2D eigenvalue weighted by Gasteiger charge is -2.33. The number of rotatable bonds is 14. The summed E-state index contributed by atoms with van der Waals surface area (Å²) in [5.74, 6) is -1.09. The summed E-state index contributed by atoms with van der Waals surface area (Å²) < 4.78 is 34.7. The fraction of sp³-hybridized carbons (Fsp3) is 0.333. The third kappa shape index (κ3) is 8.57. The summed E-state index contributed by atoms with van der Waals surface area (Å²) in [6.45, 7) is 4.55. The summed E-state index contributed by atoms with van der Waals surface area (Å²) in [7, 11) is -3.34. The van der Waals surface area contributed by atoms with Crippen LogP contribution in [0.3, 0.4) is 0 Å². The van der Waals surface area contributed by atoms with Crippen molar-refractivity contribution in [3.63, 3.8) is 0 Å². The number of aryl methyl sites for hydroxylation is 1. The lowest BCUT2D eigenvalue weighted by molar-refractivity contribution is -0.385. The van der Waals surface area contributed by atoms with E-state index in [-0.39, 0.29) is 40.0 Å². The number of nitrogens with one attached hydrogen (secondary N) is 1. The van der Waals surface area contributed by atoms with Crippen molar-refractivity contribution in [1.82, 2.24) is 10.2 Å². The number of nitro groups is 1. The zero-order valence-electron chi connectivity index (χ0n) is 25.1. The quantitative estimate of drug-likeness (QED) is 0.152. The van der Waals surface area contributed by atoms with Crippen molar-refractivity contribution in [3.8, 4) is 5.75 Å². The summed E-state index contributed by atoms with van der Waals surface area (Å²) >= 11 is 18.6. The molecule has 1 N–H and O–H groups in total. The van der Waals surface area contributed by atoms with Crippen LogP contribution in [-0.4, -0.2) is 56.3 Å². The summed E-state index contributed by atoms with van der Waals surface area (Å²) in [4.78, 5) is 39.3. The zero-order valence-corrected chi connectivity index (χ0v) is 28.1. The van der Waals surface area contributed by atoms with Gasteiger partial charge < -0.3 is 15.0 Å². The van der Waals surface area contributed by atoms with Gasteiger partial charge in [-0.05, 0) is 61.7 Å². The van der Waals surface area contributed by atoms with Crippen LogP contribution < -0.4 is 14.4 Å². The highest BCUT2D eigenvalue weighted by Gasteiger charge is 2.35. The number of carbonyl (C=O) groups excluding carboxylic acids is 2. The molecule has 45 heavy (non-hydrogen) atoms. The Morgan fingerprint density at radius 1 is 1.02 bits per heavy atom. The number of halogens is 3. The average Bonchev–Trinajstić information content (AvgIpc) is 3.00. The minimum Gasteiger partial charge on any atom is -0.495 e. The van der Waals surface area contributed by atoms with Gasteiger partial charge in [0.05, 0.1) is 32.7 Å². The molecule has 3 aromatic rings. The number of hydrogen-bond acceptors (Lipinski definition) is 7. The van der Waals surface area contributed by atoms with Crippen molar-refractivity contribution in [2.75, 3.05) is 24.5 Å². The number of methoxy groups -OCH3 is 1. The molecule has 0 aliphatic heterocycles. The third-order valence-corrected chi connectivity index (χ3v) is 9.66. The Hall–Kier alpha value is -3.58. The number of benzene rings is 3. The van der Waals surface area contributed by atoms with Crippen LogP contribution in [-0.2, 0) is 26.2 Å². The predicted molar refractivity (Wildman–Crippen MR) is 175 cm³/mol. The Kier molecular flexibility index (Phi) is 12.5. The van der Waals surface area contributed by atoms with Crippen molar-refractivity contribution < 1.29 is 27.7 Å². The highest BCUT2D eigenvalue weighted by Crippen LogP contribution is 2.36. The zero-order chi connectivity index (χ0) is 33.5. The molecule has 15 heteroatoms. The number of anilines is 1. The summed E-state index contributed by atoms with van der Waals surface area (Å²) in [5.41, 5.74) is 0.293. The van der Waals surface area contributed by atoms with Crippen LogP contribution in [0.25, 0.3) is 0 Å². The molecule has 3 aromatic carbocycles. The van der Waals surface area contributed by atoms with Crippen LogP contribution in [0.1, 0.15) is 37.8 Å². The molecule has 0 spiro atoms. The van der Waals surface area contributed by atoms with Crippen LogP contribution in [0, 0.1) is 17.0 Å². The second-order valence-electron chi connectivity index (χ2n) is 10.0. The van der Waals surface area contributed by atoms with Gasteiger partial charge in [0.1, 0.15) is 18.3 Å². The molecule has 0 bridgehead atoms. The lowest BCUT2D eigenvalue weighted by atomic mass is 10.1. The lowest BCUT2D eigenvalue weighted by Crippen LogP contribution is -2.52. The largest absolute Gasteiger partial charge is 0.495 e. The number of nitro benzene ring substituents is 1. The maximum Gasteiger partial charge on any atom is 0.273 e. The molecule has 3 rings (SSSR count). The Morgan fingerprint density at radius 3 is 2.33 bits per heavy atom. The number of sulfonamides is 1. The molecule has 0 aliphatic carbocycles. The fourth-order valence-electron chi connectivity index (χ4n) is 4.57. The smallest absolute Gasteiger partial charge is 0.273 e. The molecule has 0 saturated heterocycles. The van der Waals surface area contributed by atoms with Gasteiger partial charge in [0.2, 0.25) is 11.8 Å². The van der Waals surface area contributed by atoms with E-state index in [1.165, 1.54) is 49.3 Å². The van der Waals surface area contributed by atoms with E-state index in [1.807, 2.05) is 6.92 Å². The second kappa shape index (κ2) is 15.6. The van der Waals surface area contributed by atoms with Crippen molar-refractivity contribution in [1.29, 1.82) is 0 Å². The van der Waals surface area contributed by atoms with Gasteiger partial charge in [-0.15, -0.1) is 0 Å². The van der Waals surface area contributed by atoms with Gasteiger partial charge in [0, 0.05) is 29.7 Å². The Morgan fingerprint density at radius 2 is 1.73 bits per heavy atom. The molecule has 1 unspecified atom stereocenters. The van der Waals surface area contributed by atoms with Gasteiger partial charge in [0.25, 0.3) is 15.7 Å². The van der Waals surface area contributed by atoms with Crippen LogP contribution in [0.15, 0.2) is 59.5 Å². The first-order valence-corrected chi connectivity index (χ1v) is 16.4. The maximum atomic E-state index is 14.3. The van der Waals surface area contributed by atoms with Gasteiger partial charge in [-0.2, -0.15) is 0 Å². The highest BCUT2D eigenvalue weighted by molar-refractivity contribution is 7.92. The molecular formula is C30H33Cl3N4O7S. The van der Waals surface area contributed by atoms with E-state index in [4.69, 9.17) is 39.5 Å². The van der Waals surface area contributed by atoms with Crippen LogP contribution in [0.2, 0.25) is 15.1 Å². The Labute approximate surface area is 277 Å². The molecule has 1 atom stereocenters. The summed E-state index contributed by atoms with van der Waals surface area (Å²) in [5, 5.41) is 15.1. The topological polar surface area (TPSA) is 139 Å². The number of carbonyl (C=O) groups is 2. The van der Waals surface area contributed by atoms with Crippen molar-refractivity contribution in [2.45, 2.75) is 51.1 Å². The molecule has 0 saturated carbocycles. The number of nitrogens with zero attached hydrogens (tertiary/aromatic N) is 3. The van der Waals surface area contributed by atoms with Crippen LogP contribution in [0.5, 0.6) is 5.75 Å². The molecule has 0 fully saturated rings. The van der Waals surface area contributed by atoms with Gasteiger partial charge >= 0.3 is 0 Å². The first-order valence-electron chi connectivity index (χ1n) is 13.9. The van der Waals surface area contributed by atoms with E-state index < -0.39 is 49.9 Å². The van der Waals surface area contributed by atoms with Gasteiger partial charge in [0.15, 0.2) is 0 Å². The van der Waals surface area contributed by atoms with Crippen molar-refractivity contribution in [3.05, 3.63) is 90.9 Å². The number of amides is 2. The molecule has 0 aliphatic rings. The van der Waals surface area contributed by atoms with Crippen LogP contribution in [0.4, 0.5) is 11.4 Å². The number of ether oxygens (including phenoxy) is 1. The van der Waals surface area contributed by atoms with E-state index in [2.05, 4.69) is 5.32 Å². The molecule has 0 heterocycles. The number of hydrogen-bond donors (Lipinski definition) is 1. The minimum atomic E-state index is -4.65. The van der Waals surface area contributed by atoms with E-state index in [0.29, 0.717) is 23.6 Å². The van der Waals surface area contributed by atoms with Crippen molar-refractivity contribution >= 4 is 68.0 Å². The Bertz CT molecular complexity index is 1690. The third-order valence-electron chi connectivity index (χ3n) is 6.93. The first kappa shape index (κ1) is 35.9.